The maximum atomic E-state index is 12.8. The summed E-state index contributed by atoms with van der Waals surface area (Å²) in [5.74, 6) is -0.304. The molecule has 0 saturated heterocycles. The lowest BCUT2D eigenvalue weighted by molar-refractivity contribution is -0.143. The van der Waals surface area contributed by atoms with Crippen molar-refractivity contribution in [3.63, 3.8) is 0 Å². The van der Waals surface area contributed by atoms with E-state index in [0.29, 0.717) is 48.0 Å². The SMILES string of the molecule is O=C(NCCNC(=O)c1ccc(O[C@H]2CC[C@@H](C(=O)O)CC2)cc1C1CC1)c1ccc(Cl)cc1. The van der Waals surface area contributed by atoms with E-state index in [9.17, 15) is 14.4 Å². The molecule has 2 aliphatic carbocycles. The van der Waals surface area contributed by atoms with Crippen LogP contribution in [-0.4, -0.2) is 42.1 Å². The predicted molar refractivity (Wildman–Crippen MR) is 129 cm³/mol. The molecule has 0 spiro atoms. The summed E-state index contributed by atoms with van der Waals surface area (Å²) < 4.78 is 6.13. The van der Waals surface area contributed by atoms with Crippen molar-refractivity contribution < 1.29 is 24.2 Å². The first-order valence-corrected chi connectivity index (χ1v) is 12.1. The molecule has 2 aromatic rings. The van der Waals surface area contributed by atoms with E-state index in [1.807, 2.05) is 12.1 Å². The van der Waals surface area contributed by atoms with Gasteiger partial charge >= 0.3 is 5.97 Å². The first kappa shape index (κ1) is 24.1. The first-order chi connectivity index (χ1) is 16.4. The van der Waals surface area contributed by atoms with E-state index in [1.165, 1.54) is 0 Å². The lowest BCUT2D eigenvalue weighted by Crippen LogP contribution is -2.35. The smallest absolute Gasteiger partial charge is 0.306 e. The first-order valence-electron chi connectivity index (χ1n) is 11.8. The normalized spacial score (nSPS) is 19.8. The van der Waals surface area contributed by atoms with Gasteiger partial charge < -0.3 is 20.5 Å². The fourth-order valence-electron chi connectivity index (χ4n) is 4.32. The number of ether oxygens (including phenoxy) is 1. The van der Waals surface area contributed by atoms with E-state index in [2.05, 4.69) is 10.6 Å². The predicted octanol–water partition coefficient (Wildman–Crippen LogP) is 4.40. The minimum atomic E-state index is -0.727. The van der Waals surface area contributed by atoms with Gasteiger partial charge in [0.1, 0.15) is 5.75 Å². The Morgan fingerprint density at radius 1 is 0.882 bits per heavy atom. The maximum absolute atomic E-state index is 12.8. The van der Waals surface area contributed by atoms with Crippen molar-refractivity contribution in [2.75, 3.05) is 13.1 Å². The van der Waals surface area contributed by atoms with E-state index < -0.39 is 5.97 Å². The fourth-order valence-corrected chi connectivity index (χ4v) is 4.45. The van der Waals surface area contributed by atoms with Gasteiger partial charge in [0, 0.05) is 29.2 Å². The topological polar surface area (TPSA) is 105 Å². The highest BCUT2D eigenvalue weighted by molar-refractivity contribution is 6.30. The van der Waals surface area contributed by atoms with Crippen molar-refractivity contribution in [3.8, 4) is 5.75 Å². The van der Waals surface area contributed by atoms with E-state index in [1.54, 1.807) is 30.3 Å². The standard InChI is InChI=1S/C26H29ClN2O5/c27-19-7-3-17(4-8-19)24(30)28-13-14-29-25(31)22-12-11-21(15-23(22)16-1-2-16)34-20-9-5-18(6-10-20)26(32)33/h3-4,7-8,11-12,15-16,18,20H,1-2,5-6,9-10,13-14H2,(H,28,30)(H,29,31)(H,32,33)/t18-,20+. The Labute approximate surface area is 203 Å². The third kappa shape index (κ3) is 6.29. The third-order valence-corrected chi connectivity index (χ3v) is 6.67. The van der Waals surface area contributed by atoms with Crippen LogP contribution in [0.1, 0.15) is 70.7 Å². The Morgan fingerprint density at radius 2 is 1.53 bits per heavy atom. The highest BCUT2D eigenvalue weighted by Gasteiger charge is 2.30. The van der Waals surface area contributed by atoms with Crippen molar-refractivity contribution in [2.24, 2.45) is 5.92 Å². The van der Waals surface area contributed by atoms with E-state index in [0.717, 1.165) is 37.0 Å². The van der Waals surface area contributed by atoms with Crippen molar-refractivity contribution >= 4 is 29.4 Å². The molecule has 0 bridgehead atoms. The highest BCUT2D eigenvalue weighted by Crippen LogP contribution is 2.43. The van der Waals surface area contributed by atoms with E-state index >= 15 is 0 Å². The van der Waals surface area contributed by atoms with Gasteiger partial charge in [-0.15, -0.1) is 0 Å². The Hall–Kier alpha value is -3.06. The van der Waals surface area contributed by atoms with E-state index in [-0.39, 0.29) is 23.8 Å². The Bertz CT molecular complexity index is 1040. The summed E-state index contributed by atoms with van der Waals surface area (Å²) in [6, 6.07) is 12.2. The van der Waals surface area contributed by atoms with Crippen LogP contribution in [-0.2, 0) is 4.79 Å². The number of carbonyl (C=O) groups excluding carboxylic acids is 2. The number of carboxylic acids is 1. The molecule has 0 radical (unpaired) electrons. The molecule has 0 aliphatic heterocycles. The summed E-state index contributed by atoms with van der Waals surface area (Å²) in [4.78, 5) is 36.1. The summed E-state index contributed by atoms with van der Waals surface area (Å²) in [6.45, 7) is 0.625. The van der Waals surface area contributed by atoms with Crippen LogP contribution >= 0.6 is 11.6 Å². The van der Waals surface area contributed by atoms with Crippen molar-refractivity contribution in [3.05, 3.63) is 64.2 Å². The zero-order valence-electron chi connectivity index (χ0n) is 18.9. The number of benzene rings is 2. The van der Waals surface area contributed by atoms with Gasteiger partial charge in [0.05, 0.1) is 12.0 Å². The van der Waals surface area contributed by atoms with Gasteiger partial charge in [-0.2, -0.15) is 0 Å². The molecule has 7 nitrogen and oxygen atoms in total. The number of hydrogen-bond acceptors (Lipinski definition) is 4. The highest BCUT2D eigenvalue weighted by atomic mass is 35.5. The molecule has 2 saturated carbocycles. The molecule has 2 fully saturated rings. The Morgan fingerprint density at radius 3 is 2.15 bits per heavy atom. The molecule has 8 heteroatoms. The van der Waals surface area contributed by atoms with Gasteiger partial charge in [-0.25, -0.2) is 0 Å². The summed E-state index contributed by atoms with van der Waals surface area (Å²) in [7, 11) is 0. The third-order valence-electron chi connectivity index (χ3n) is 6.41. The number of aliphatic carboxylic acids is 1. The lowest BCUT2D eigenvalue weighted by atomic mass is 9.87. The fraction of sp³-hybridized carbons (Fsp3) is 0.423. The largest absolute Gasteiger partial charge is 0.490 e. The number of halogens is 1. The van der Waals surface area contributed by atoms with Crippen molar-refractivity contribution in [1.29, 1.82) is 0 Å². The molecular weight excluding hydrogens is 456 g/mol. The molecule has 2 aromatic carbocycles. The quantitative estimate of drug-likeness (QED) is 0.457. The van der Waals surface area contributed by atoms with Crippen LogP contribution in [0.3, 0.4) is 0 Å². The molecular formula is C26H29ClN2O5. The van der Waals surface area contributed by atoms with Gasteiger partial charge in [-0.1, -0.05) is 11.6 Å². The van der Waals surface area contributed by atoms with Gasteiger partial charge in [-0.05, 0) is 92.5 Å². The van der Waals surface area contributed by atoms with Gasteiger partial charge in [-0.3, -0.25) is 14.4 Å². The molecule has 3 N–H and O–H groups in total. The van der Waals surface area contributed by atoms with Gasteiger partial charge in [0.15, 0.2) is 0 Å². The van der Waals surface area contributed by atoms with Crippen molar-refractivity contribution in [1.82, 2.24) is 10.6 Å². The number of carbonyl (C=O) groups is 3. The molecule has 2 aliphatic rings. The van der Waals surface area contributed by atoms with Crippen LogP contribution in [0.5, 0.6) is 5.75 Å². The second kappa shape index (κ2) is 10.9. The molecule has 0 heterocycles. The van der Waals surface area contributed by atoms with Crippen LogP contribution in [0.4, 0.5) is 0 Å². The molecule has 2 amide bonds. The van der Waals surface area contributed by atoms with Crippen LogP contribution in [0.25, 0.3) is 0 Å². The Kier molecular flexibility index (Phi) is 7.73. The summed E-state index contributed by atoms with van der Waals surface area (Å²) in [5, 5.41) is 15.4. The second-order valence-electron chi connectivity index (χ2n) is 8.97. The minimum absolute atomic E-state index is 0.00609. The van der Waals surface area contributed by atoms with Crippen LogP contribution < -0.4 is 15.4 Å². The molecule has 0 aromatic heterocycles. The lowest BCUT2D eigenvalue weighted by Gasteiger charge is -2.27. The van der Waals surface area contributed by atoms with Gasteiger partial charge in [0.2, 0.25) is 0 Å². The molecule has 4 rings (SSSR count). The monoisotopic (exact) mass is 484 g/mol. The number of rotatable bonds is 9. The number of amides is 2. The zero-order chi connectivity index (χ0) is 24.1. The van der Waals surface area contributed by atoms with Gasteiger partial charge in [0.25, 0.3) is 11.8 Å². The van der Waals surface area contributed by atoms with Crippen molar-refractivity contribution in [2.45, 2.75) is 50.5 Å². The zero-order valence-corrected chi connectivity index (χ0v) is 19.6. The molecule has 0 unspecified atom stereocenters. The van der Waals surface area contributed by atoms with Crippen LogP contribution in [0, 0.1) is 5.92 Å². The Balaban J connectivity index is 1.29. The van der Waals surface area contributed by atoms with Crippen LogP contribution in [0.15, 0.2) is 42.5 Å². The average Bonchev–Trinajstić information content (AvgIpc) is 3.68. The second-order valence-corrected chi connectivity index (χ2v) is 9.41. The number of carboxylic acid groups (broad SMARTS) is 1. The molecule has 34 heavy (non-hydrogen) atoms. The summed E-state index contributed by atoms with van der Waals surface area (Å²) >= 11 is 5.84. The number of hydrogen-bond donors (Lipinski definition) is 3. The minimum Gasteiger partial charge on any atom is -0.490 e. The van der Waals surface area contributed by atoms with Crippen LogP contribution in [0.2, 0.25) is 5.02 Å². The number of nitrogens with one attached hydrogen (secondary N) is 2. The summed E-state index contributed by atoms with van der Waals surface area (Å²) in [6.07, 6.45) is 4.80. The van der Waals surface area contributed by atoms with E-state index in [4.69, 9.17) is 21.4 Å². The molecule has 180 valence electrons. The molecule has 0 atom stereocenters. The maximum Gasteiger partial charge on any atom is 0.306 e. The average molecular weight is 485 g/mol. The summed E-state index contributed by atoms with van der Waals surface area (Å²) in [5.41, 5.74) is 2.13.